The molecule has 1 amide bonds. The van der Waals surface area contributed by atoms with Gasteiger partial charge >= 0.3 is 11.9 Å². The van der Waals surface area contributed by atoms with Crippen molar-refractivity contribution in [2.24, 2.45) is 0 Å². The summed E-state index contributed by atoms with van der Waals surface area (Å²) in [5.74, 6) is -2.22. The Kier molecular flexibility index (Phi) is 7.99. The molecule has 0 aliphatic heterocycles. The fourth-order valence-electron chi connectivity index (χ4n) is 1.41. The van der Waals surface area contributed by atoms with Crippen molar-refractivity contribution in [2.45, 2.75) is 38.6 Å². The van der Waals surface area contributed by atoms with E-state index >= 15 is 0 Å². The average Bonchev–Trinajstić information content (AvgIpc) is 2.32. The molecule has 1 unspecified atom stereocenters. The third-order valence-electron chi connectivity index (χ3n) is 2.43. The molecule has 4 N–H and O–H groups in total. The van der Waals surface area contributed by atoms with Gasteiger partial charge in [-0.15, -0.1) is 0 Å². The third kappa shape index (κ3) is 8.64. The van der Waals surface area contributed by atoms with Gasteiger partial charge in [0.05, 0.1) is 6.04 Å². The zero-order chi connectivity index (χ0) is 14.8. The lowest BCUT2D eigenvalue weighted by Gasteiger charge is -2.20. The summed E-state index contributed by atoms with van der Waals surface area (Å²) in [5.41, 5.74) is 0.427. The molecule has 1 atom stereocenters. The quantitative estimate of drug-likeness (QED) is 0.455. The minimum atomic E-state index is -1.01. The van der Waals surface area contributed by atoms with Crippen molar-refractivity contribution in [2.75, 3.05) is 6.54 Å². The van der Waals surface area contributed by atoms with Gasteiger partial charge < -0.3 is 20.8 Å². The van der Waals surface area contributed by atoms with Gasteiger partial charge in [0.1, 0.15) is 6.54 Å². The third-order valence-corrected chi connectivity index (χ3v) is 2.43. The number of carbonyl (C=O) groups excluding carboxylic acids is 1. The molecule has 0 rings (SSSR count). The molecular formula is C12H20N2O5. The lowest BCUT2D eigenvalue weighted by atomic mass is 10.1. The zero-order valence-electron chi connectivity index (χ0n) is 10.9. The highest BCUT2D eigenvalue weighted by atomic mass is 16.4. The van der Waals surface area contributed by atoms with Gasteiger partial charge in [-0.05, 0) is 12.8 Å². The number of aliphatic carboxylic acids is 2. The molecule has 0 aromatic carbocycles. The standard InChI is InChI=1S/C12H20N2O5/c1-3-9(8(2)13-7-12(18)19)14-10(15)5-4-6-11(16)17/h9,13H,2-7H2,1H3,(H,14,15)(H,16,17)(H,18,19). The van der Waals surface area contributed by atoms with E-state index in [2.05, 4.69) is 17.2 Å². The maximum atomic E-state index is 11.5. The molecule has 0 heterocycles. The maximum Gasteiger partial charge on any atom is 0.322 e. The lowest BCUT2D eigenvalue weighted by Crippen LogP contribution is -2.40. The van der Waals surface area contributed by atoms with E-state index in [4.69, 9.17) is 10.2 Å². The molecule has 0 aromatic rings. The highest BCUT2D eigenvalue weighted by molar-refractivity contribution is 5.77. The zero-order valence-corrected chi connectivity index (χ0v) is 10.9. The topological polar surface area (TPSA) is 116 Å². The molecule has 0 saturated heterocycles. The Morgan fingerprint density at radius 1 is 1.16 bits per heavy atom. The summed E-state index contributed by atoms with van der Waals surface area (Å²) >= 11 is 0. The summed E-state index contributed by atoms with van der Waals surface area (Å²) in [6.45, 7) is 5.25. The van der Waals surface area contributed by atoms with Crippen LogP contribution < -0.4 is 10.6 Å². The number of rotatable bonds is 10. The Hall–Kier alpha value is -2.05. The second-order valence-electron chi connectivity index (χ2n) is 4.05. The van der Waals surface area contributed by atoms with E-state index in [-0.39, 0.29) is 37.8 Å². The molecule has 0 aromatic heterocycles. The number of amides is 1. The molecule has 19 heavy (non-hydrogen) atoms. The smallest absolute Gasteiger partial charge is 0.322 e. The molecule has 0 fully saturated rings. The summed E-state index contributed by atoms with van der Waals surface area (Å²) in [5, 5.41) is 22.3. The molecule has 0 radical (unpaired) electrons. The molecule has 7 heteroatoms. The Bertz CT molecular complexity index is 354. The van der Waals surface area contributed by atoms with E-state index < -0.39 is 11.9 Å². The highest BCUT2D eigenvalue weighted by Gasteiger charge is 2.14. The lowest BCUT2D eigenvalue weighted by molar-refractivity contribution is -0.137. The van der Waals surface area contributed by atoms with E-state index in [9.17, 15) is 14.4 Å². The van der Waals surface area contributed by atoms with Crippen LogP contribution in [-0.2, 0) is 14.4 Å². The van der Waals surface area contributed by atoms with Crippen molar-refractivity contribution in [1.82, 2.24) is 10.6 Å². The largest absolute Gasteiger partial charge is 0.481 e. The van der Waals surface area contributed by atoms with E-state index in [0.29, 0.717) is 12.1 Å². The number of carboxylic acids is 2. The van der Waals surface area contributed by atoms with Gasteiger partial charge in [0.15, 0.2) is 0 Å². The molecular weight excluding hydrogens is 252 g/mol. The predicted octanol–water partition coefficient (Wildman–Crippen LogP) is 0.324. The minimum absolute atomic E-state index is 0.0532. The minimum Gasteiger partial charge on any atom is -0.481 e. The molecule has 0 aliphatic rings. The van der Waals surface area contributed by atoms with Gasteiger partial charge in [0.25, 0.3) is 0 Å². The highest BCUT2D eigenvalue weighted by Crippen LogP contribution is 2.03. The second kappa shape index (κ2) is 8.96. The van der Waals surface area contributed by atoms with Crippen LogP contribution in [0, 0.1) is 0 Å². The first kappa shape index (κ1) is 16.9. The van der Waals surface area contributed by atoms with Crippen molar-refractivity contribution < 1.29 is 24.6 Å². The van der Waals surface area contributed by atoms with Gasteiger partial charge in [0, 0.05) is 18.5 Å². The van der Waals surface area contributed by atoms with Gasteiger partial charge in [-0.1, -0.05) is 13.5 Å². The van der Waals surface area contributed by atoms with Crippen molar-refractivity contribution in [3.63, 3.8) is 0 Å². The fraction of sp³-hybridized carbons (Fsp3) is 0.583. The fourth-order valence-corrected chi connectivity index (χ4v) is 1.41. The molecule has 0 aliphatic carbocycles. The summed E-state index contributed by atoms with van der Waals surface area (Å²) in [6, 6.07) is -0.364. The Labute approximate surface area is 111 Å². The molecule has 7 nitrogen and oxygen atoms in total. The molecule has 0 bridgehead atoms. The van der Waals surface area contributed by atoms with E-state index in [1.807, 2.05) is 6.92 Å². The van der Waals surface area contributed by atoms with Crippen molar-refractivity contribution >= 4 is 17.8 Å². The first-order valence-corrected chi connectivity index (χ1v) is 6.02. The SMILES string of the molecule is C=C(NCC(=O)O)C(CC)NC(=O)CCCC(=O)O. The van der Waals surface area contributed by atoms with E-state index in [1.54, 1.807) is 0 Å². The van der Waals surface area contributed by atoms with Crippen LogP contribution in [0.3, 0.4) is 0 Å². The van der Waals surface area contributed by atoms with Gasteiger partial charge in [-0.2, -0.15) is 0 Å². The van der Waals surface area contributed by atoms with Crippen LogP contribution in [0.15, 0.2) is 12.3 Å². The summed E-state index contributed by atoms with van der Waals surface area (Å²) in [7, 11) is 0. The van der Waals surface area contributed by atoms with Crippen LogP contribution in [0.5, 0.6) is 0 Å². The Morgan fingerprint density at radius 3 is 2.26 bits per heavy atom. The van der Waals surface area contributed by atoms with Crippen LogP contribution in [0.2, 0.25) is 0 Å². The number of hydrogen-bond donors (Lipinski definition) is 4. The second-order valence-corrected chi connectivity index (χ2v) is 4.05. The summed E-state index contributed by atoms with van der Waals surface area (Å²) in [4.78, 5) is 32.2. The van der Waals surface area contributed by atoms with Gasteiger partial charge in [0.2, 0.25) is 5.91 Å². The normalized spacial score (nSPS) is 11.4. The Morgan fingerprint density at radius 2 is 1.79 bits per heavy atom. The van der Waals surface area contributed by atoms with Crippen LogP contribution in [0.4, 0.5) is 0 Å². The first-order chi connectivity index (χ1) is 8.86. The van der Waals surface area contributed by atoms with Crippen LogP contribution >= 0.6 is 0 Å². The van der Waals surface area contributed by atoms with Crippen molar-refractivity contribution in [3.05, 3.63) is 12.3 Å². The maximum absolute atomic E-state index is 11.5. The van der Waals surface area contributed by atoms with Gasteiger partial charge in [-0.3, -0.25) is 14.4 Å². The first-order valence-electron chi connectivity index (χ1n) is 6.02. The summed E-state index contributed by atoms with van der Waals surface area (Å²) in [6.07, 6.45) is 0.903. The number of carbonyl (C=O) groups is 3. The van der Waals surface area contributed by atoms with Crippen LogP contribution in [0.1, 0.15) is 32.6 Å². The number of hydrogen-bond acceptors (Lipinski definition) is 4. The average molecular weight is 272 g/mol. The number of carboxylic acid groups (broad SMARTS) is 2. The number of nitrogens with one attached hydrogen (secondary N) is 2. The monoisotopic (exact) mass is 272 g/mol. The van der Waals surface area contributed by atoms with Crippen LogP contribution in [0.25, 0.3) is 0 Å². The van der Waals surface area contributed by atoms with Crippen molar-refractivity contribution in [3.8, 4) is 0 Å². The van der Waals surface area contributed by atoms with E-state index in [0.717, 1.165) is 0 Å². The molecule has 0 spiro atoms. The van der Waals surface area contributed by atoms with Crippen molar-refractivity contribution in [1.29, 1.82) is 0 Å². The predicted molar refractivity (Wildman–Crippen MR) is 68.5 cm³/mol. The summed E-state index contributed by atoms with van der Waals surface area (Å²) < 4.78 is 0. The van der Waals surface area contributed by atoms with E-state index in [1.165, 1.54) is 0 Å². The molecule has 0 saturated carbocycles. The van der Waals surface area contributed by atoms with Gasteiger partial charge in [-0.25, -0.2) is 0 Å². The molecule has 108 valence electrons. The Balaban J connectivity index is 4.09. The van der Waals surface area contributed by atoms with Crippen LogP contribution in [-0.4, -0.2) is 40.6 Å².